The number of hydrogen-bond donors (Lipinski definition) is 3. The average molecular weight is 365 g/mol. The predicted octanol–water partition coefficient (Wildman–Crippen LogP) is 1.45. The van der Waals surface area contributed by atoms with Gasteiger partial charge in [-0.05, 0) is 25.5 Å². The van der Waals surface area contributed by atoms with Crippen LogP contribution < -0.4 is 10.6 Å². The molecule has 140 valence electrons. The van der Waals surface area contributed by atoms with E-state index in [1.807, 2.05) is 36.4 Å². The topological polar surface area (TPSA) is 101 Å². The minimum Gasteiger partial charge on any atom is -0.347 e. The minimum atomic E-state index is -0.0959. The van der Waals surface area contributed by atoms with Gasteiger partial charge in [0.25, 0.3) is 0 Å². The summed E-state index contributed by atoms with van der Waals surface area (Å²) in [5, 5.41) is 17.7. The number of piperidine rings is 1. The van der Waals surface area contributed by atoms with Crippen LogP contribution in [-0.4, -0.2) is 44.0 Å². The number of aromatic amines is 1. The SMILES string of the molecule is O=C(Cn1nccc1C1CCCNC1)NCc1nc(-c2ccccc2)n[nH]1. The second-order valence-electron chi connectivity index (χ2n) is 6.71. The molecule has 0 radical (unpaired) electrons. The lowest BCUT2D eigenvalue weighted by Crippen LogP contribution is -2.32. The summed E-state index contributed by atoms with van der Waals surface area (Å²) >= 11 is 0. The molecule has 8 heteroatoms. The van der Waals surface area contributed by atoms with Crippen LogP contribution in [-0.2, 0) is 17.9 Å². The lowest BCUT2D eigenvalue weighted by molar-refractivity contribution is -0.122. The lowest BCUT2D eigenvalue weighted by Gasteiger charge is -2.23. The summed E-state index contributed by atoms with van der Waals surface area (Å²) in [4.78, 5) is 16.8. The van der Waals surface area contributed by atoms with E-state index >= 15 is 0 Å². The number of rotatable bonds is 6. The van der Waals surface area contributed by atoms with Gasteiger partial charge in [-0.2, -0.15) is 10.2 Å². The zero-order chi connectivity index (χ0) is 18.5. The van der Waals surface area contributed by atoms with E-state index in [1.54, 1.807) is 10.9 Å². The van der Waals surface area contributed by atoms with Gasteiger partial charge in [-0.3, -0.25) is 14.6 Å². The number of benzene rings is 1. The van der Waals surface area contributed by atoms with Gasteiger partial charge in [0.05, 0.1) is 6.54 Å². The smallest absolute Gasteiger partial charge is 0.242 e. The summed E-state index contributed by atoms with van der Waals surface area (Å²) in [6, 6.07) is 11.7. The Morgan fingerprint density at radius 2 is 2.15 bits per heavy atom. The average Bonchev–Trinajstić information content (AvgIpc) is 3.37. The molecule has 1 fully saturated rings. The summed E-state index contributed by atoms with van der Waals surface area (Å²) in [6.07, 6.45) is 4.04. The number of nitrogens with one attached hydrogen (secondary N) is 3. The molecule has 1 aliphatic rings. The van der Waals surface area contributed by atoms with E-state index < -0.39 is 0 Å². The van der Waals surface area contributed by atoms with Crippen LogP contribution in [0.5, 0.6) is 0 Å². The Morgan fingerprint density at radius 1 is 1.26 bits per heavy atom. The first-order valence-electron chi connectivity index (χ1n) is 9.25. The van der Waals surface area contributed by atoms with E-state index in [9.17, 15) is 4.79 Å². The predicted molar refractivity (Wildman–Crippen MR) is 101 cm³/mol. The number of aromatic nitrogens is 5. The normalized spacial score (nSPS) is 17.0. The van der Waals surface area contributed by atoms with Gasteiger partial charge >= 0.3 is 0 Å². The Morgan fingerprint density at radius 3 is 2.96 bits per heavy atom. The highest BCUT2D eigenvalue weighted by atomic mass is 16.2. The third-order valence-electron chi connectivity index (χ3n) is 4.77. The Hall–Kier alpha value is -3.00. The molecule has 27 heavy (non-hydrogen) atoms. The van der Waals surface area contributed by atoms with Gasteiger partial charge in [-0.15, -0.1) is 0 Å². The molecule has 1 unspecified atom stereocenters. The fourth-order valence-electron chi connectivity index (χ4n) is 3.39. The van der Waals surface area contributed by atoms with Crippen LogP contribution >= 0.6 is 0 Å². The lowest BCUT2D eigenvalue weighted by atomic mass is 9.96. The van der Waals surface area contributed by atoms with Crippen molar-refractivity contribution in [3.8, 4) is 11.4 Å². The van der Waals surface area contributed by atoms with Crippen molar-refractivity contribution >= 4 is 5.91 Å². The third kappa shape index (κ3) is 4.22. The van der Waals surface area contributed by atoms with Crippen molar-refractivity contribution in [3.05, 3.63) is 54.1 Å². The maximum absolute atomic E-state index is 12.3. The van der Waals surface area contributed by atoms with E-state index in [4.69, 9.17) is 0 Å². The maximum atomic E-state index is 12.3. The first kappa shape index (κ1) is 17.4. The number of hydrogen-bond acceptors (Lipinski definition) is 5. The van der Waals surface area contributed by atoms with Gasteiger partial charge in [0, 0.05) is 29.9 Å². The fourth-order valence-corrected chi connectivity index (χ4v) is 3.39. The molecule has 1 aliphatic heterocycles. The van der Waals surface area contributed by atoms with Gasteiger partial charge < -0.3 is 10.6 Å². The number of carbonyl (C=O) groups excluding carboxylic acids is 1. The van der Waals surface area contributed by atoms with Crippen LogP contribution in [0.1, 0.15) is 30.3 Å². The number of amides is 1. The Balaban J connectivity index is 1.33. The van der Waals surface area contributed by atoms with E-state index in [2.05, 4.69) is 30.9 Å². The standard InChI is InChI=1S/C19H23N7O/c27-18(13-26-16(8-10-22-26)15-7-4-9-20-11-15)21-12-17-23-19(25-24-17)14-5-2-1-3-6-14/h1-3,5-6,8,10,15,20H,4,7,9,11-13H2,(H,21,27)(H,23,24,25). The highest BCUT2D eigenvalue weighted by molar-refractivity contribution is 5.75. The molecule has 1 amide bonds. The Labute approximate surface area is 157 Å². The molecule has 1 atom stereocenters. The van der Waals surface area contributed by atoms with Crippen LogP contribution in [0.15, 0.2) is 42.6 Å². The quantitative estimate of drug-likeness (QED) is 0.614. The van der Waals surface area contributed by atoms with Crippen molar-refractivity contribution < 1.29 is 4.79 Å². The van der Waals surface area contributed by atoms with E-state index in [-0.39, 0.29) is 12.5 Å². The second-order valence-corrected chi connectivity index (χ2v) is 6.71. The van der Waals surface area contributed by atoms with Crippen LogP contribution in [0.2, 0.25) is 0 Å². The highest BCUT2D eigenvalue weighted by Gasteiger charge is 2.20. The van der Waals surface area contributed by atoms with E-state index in [0.717, 1.165) is 37.2 Å². The van der Waals surface area contributed by atoms with Crippen molar-refractivity contribution in [1.82, 2.24) is 35.6 Å². The Kier molecular flexibility index (Phi) is 5.24. The molecule has 0 saturated carbocycles. The summed E-state index contributed by atoms with van der Waals surface area (Å²) in [5.41, 5.74) is 2.05. The van der Waals surface area contributed by atoms with Crippen molar-refractivity contribution in [2.24, 2.45) is 0 Å². The van der Waals surface area contributed by atoms with Crippen LogP contribution in [0, 0.1) is 0 Å². The molecule has 4 rings (SSSR count). The maximum Gasteiger partial charge on any atom is 0.242 e. The van der Waals surface area contributed by atoms with Crippen molar-refractivity contribution in [2.45, 2.75) is 31.8 Å². The molecule has 0 spiro atoms. The molecular formula is C19H23N7O. The van der Waals surface area contributed by atoms with Gasteiger partial charge in [-0.25, -0.2) is 4.98 Å². The Bertz CT molecular complexity index is 880. The van der Waals surface area contributed by atoms with Crippen molar-refractivity contribution in [2.75, 3.05) is 13.1 Å². The minimum absolute atomic E-state index is 0.0959. The monoisotopic (exact) mass is 365 g/mol. The van der Waals surface area contributed by atoms with Crippen molar-refractivity contribution in [3.63, 3.8) is 0 Å². The molecule has 0 aliphatic carbocycles. The molecule has 8 nitrogen and oxygen atoms in total. The molecule has 0 bridgehead atoms. The van der Waals surface area contributed by atoms with Gasteiger partial charge in [0.15, 0.2) is 5.82 Å². The summed E-state index contributed by atoms with van der Waals surface area (Å²) in [7, 11) is 0. The molecule has 3 heterocycles. The number of nitrogens with zero attached hydrogens (tertiary/aromatic N) is 4. The molecule has 3 N–H and O–H groups in total. The van der Waals surface area contributed by atoms with Crippen LogP contribution in [0.4, 0.5) is 0 Å². The van der Waals surface area contributed by atoms with Gasteiger partial charge in [-0.1, -0.05) is 30.3 Å². The molecule has 1 saturated heterocycles. The zero-order valence-corrected chi connectivity index (χ0v) is 15.1. The summed E-state index contributed by atoms with van der Waals surface area (Å²) in [5.74, 6) is 1.57. The van der Waals surface area contributed by atoms with Crippen LogP contribution in [0.25, 0.3) is 11.4 Å². The first-order chi connectivity index (χ1) is 13.3. The fraction of sp³-hybridized carbons (Fsp3) is 0.368. The second kappa shape index (κ2) is 8.13. The van der Waals surface area contributed by atoms with Gasteiger partial charge in [0.2, 0.25) is 5.91 Å². The zero-order valence-electron chi connectivity index (χ0n) is 15.1. The van der Waals surface area contributed by atoms with Crippen molar-refractivity contribution in [1.29, 1.82) is 0 Å². The number of H-pyrrole nitrogens is 1. The van der Waals surface area contributed by atoms with Crippen LogP contribution in [0.3, 0.4) is 0 Å². The van der Waals surface area contributed by atoms with Gasteiger partial charge in [0.1, 0.15) is 12.4 Å². The molecule has 1 aromatic carbocycles. The number of carbonyl (C=O) groups is 1. The summed E-state index contributed by atoms with van der Waals surface area (Å²) < 4.78 is 1.79. The first-order valence-corrected chi connectivity index (χ1v) is 9.25. The highest BCUT2D eigenvalue weighted by Crippen LogP contribution is 2.22. The van der Waals surface area contributed by atoms with E-state index in [0.29, 0.717) is 24.1 Å². The molecule has 3 aromatic rings. The largest absolute Gasteiger partial charge is 0.347 e. The molecular weight excluding hydrogens is 342 g/mol. The third-order valence-corrected chi connectivity index (χ3v) is 4.77. The molecule has 2 aromatic heterocycles. The van der Waals surface area contributed by atoms with E-state index in [1.165, 1.54) is 0 Å². The summed E-state index contributed by atoms with van der Waals surface area (Å²) in [6.45, 7) is 2.51.